The minimum Gasteiger partial charge on any atom is -0.389 e. The summed E-state index contributed by atoms with van der Waals surface area (Å²) < 4.78 is 4.83. The van der Waals surface area contributed by atoms with Crippen LogP contribution in [-0.2, 0) is 4.74 Å². The molecule has 80 valence electrons. The average Bonchev–Trinajstić information content (AvgIpc) is 2.04. The molecule has 1 N–H and O–H groups in total. The molecule has 3 nitrogen and oxygen atoms in total. The lowest BCUT2D eigenvalue weighted by Gasteiger charge is -2.22. The third-order valence-electron chi connectivity index (χ3n) is 1.77. The van der Waals surface area contributed by atoms with Crippen LogP contribution in [0.4, 0.5) is 0 Å². The predicted octanol–water partition coefficient (Wildman–Crippen LogP) is 0.800. The molecular weight excluding hydrogens is 190 g/mol. The summed E-state index contributed by atoms with van der Waals surface area (Å²) >= 11 is 5.68. The van der Waals surface area contributed by atoms with Crippen LogP contribution in [0.1, 0.15) is 6.92 Å². The summed E-state index contributed by atoms with van der Waals surface area (Å²) in [5, 5.41) is 9.41. The van der Waals surface area contributed by atoms with Gasteiger partial charge in [-0.15, -0.1) is 11.6 Å². The molecule has 0 radical (unpaired) electrons. The lowest BCUT2D eigenvalue weighted by atomic mass is 10.2. The van der Waals surface area contributed by atoms with E-state index in [1.54, 1.807) is 7.11 Å². The van der Waals surface area contributed by atoms with Crippen molar-refractivity contribution in [3.8, 4) is 0 Å². The van der Waals surface area contributed by atoms with Crippen molar-refractivity contribution in [1.82, 2.24) is 4.90 Å². The molecule has 0 heterocycles. The Labute approximate surface area is 85.6 Å². The molecule has 0 fully saturated rings. The molecule has 0 aliphatic carbocycles. The second-order valence-electron chi connectivity index (χ2n) is 3.59. The molecule has 13 heavy (non-hydrogen) atoms. The molecule has 0 bridgehead atoms. The topological polar surface area (TPSA) is 32.7 Å². The number of hydrogen-bond acceptors (Lipinski definition) is 3. The number of likely N-dealkylation sites (N-methyl/N-ethyl adjacent to an activating group) is 1. The lowest BCUT2D eigenvalue weighted by molar-refractivity contribution is 0.0414. The van der Waals surface area contributed by atoms with Crippen molar-refractivity contribution < 1.29 is 9.84 Å². The van der Waals surface area contributed by atoms with E-state index >= 15 is 0 Å². The molecule has 0 aromatic rings. The molecule has 0 aliphatic heterocycles. The van der Waals surface area contributed by atoms with Gasteiger partial charge in [0.1, 0.15) is 0 Å². The number of halogens is 1. The van der Waals surface area contributed by atoms with Crippen LogP contribution in [0.2, 0.25) is 0 Å². The minimum atomic E-state index is -0.405. The van der Waals surface area contributed by atoms with Crippen molar-refractivity contribution in [2.45, 2.75) is 13.0 Å². The van der Waals surface area contributed by atoms with Gasteiger partial charge in [0, 0.05) is 26.1 Å². The van der Waals surface area contributed by atoms with E-state index in [0.717, 1.165) is 6.54 Å². The fourth-order valence-corrected chi connectivity index (χ4v) is 1.36. The SMILES string of the molecule is COCC(O)CN(C)CC(C)CCl. The van der Waals surface area contributed by atoms with Crippen LogP contribution in [0.15, 0.2) is 0 Å². The largest absolute Gasteiger partial charge is 0.389 e. The van der Waals surface area contributed by atoms with Crippen LogP contribution in [0, 0.1) is 5.92 Å². The first kappa shape index (κ1) is 13.2. The summed E-state index contributed by atoms with van der Waals surface area (Å²) in [4.78, 5) is 2.07. The zero-order valence-corrected chi connectivity index (χ0v) is 9.42. The number of methoxy groups -OCH3 is 1. The van der Waals surface area contributed by atoms with Gasteiger partial charge in [0.2, 0.25) is 0 Å². The fourth-order valence-electron chi connectivity index (χ4n) is 1.26. The first-order valence-corrected chi connectivity index (χ1v) is 5.05. The molecule has 2 atom stereocenters. The van der Waals surface area contributed by atoms with Gasteiger partial charge in [-0.05, 0) is 13.0 Å². The van der Waals surface area contributed by atoms with E-state index in [1.165, 1.54) is 0 Å². The van der Waals surface area contributed by atoms with Gasteiger partial charge < -0.3 is 14.7 Å². The Morgan fingerprint density at radius 2 is 2.08 bits per heavy atom. The summed E-state index contributed by atoms with van der Waals surface area (Å²) in [5.74, 6) is 1.12. The highest BCUT2D eigenvalue weighted by atomic mass is 35.5. The first-order valence-electron chi connectivity index (χ1n) is 4.51. The Morgan fingerprint density at radius 1 is 1.46 bits per heavy atom. The van der Waals surface area contributed by atoms with E-state index in [-0.39, 0.29) is 0 Å². The maximum atomic E-state index is 9.41. The van der Waals surface area contributed by atoms with Crippen LogP contribution in [0.5, 0.6) is 0 Å². The van der Waals surface area contributed by atoms with Crippen molar-refractivity contribution in [2.24, 2.45) is 5.92 Å². The summed E-state index contributed by atoms with van der Waals surface area (Å²) in [6.07, 6.45) is -0.405. The number of rotatable bonds is 7. The maximum Gasteiger partial charge on any atom is 0.0899 e. The van der Waals surface area contributed by atoms with E-state index in [0.29, 0.717) is 24.9 Å². The Balaban J connectivity index is 3.54. The quantitative estimate of drug-likeness (QED) is 0.630. The highest BCUT2D eigenvalue weighted by molar-refractivity contribution is 6.18. The third-order valence-corrected chi connectivity index (χ3v) is 2.30. The molecule has 0 amide bonds. The molecule has 0 rings (SSSR count). The number of alkyl halides is 1. The van der Waals surface area contributed by atoms with E-state index in [9.17, 15) is 5.11 Å². The van der Waals surface area contributed by atoms with Crippen LogP contribution in [-0.4, -0.2) is 55.8 Å². The Hall–Kier alpha value is 0.170. The Morgan fingerprint density at radius 3 is 2.54 bits per heavy atom. The predicted molar refractivity (Wildman–Crippen MR) is 55.3 cm³/mol. The lowest BCUT2D eigenvalue weighted by Crippen LogP contribution is -2.34. The smallest absolute Gasteiger partial charge is 0.0899 e. The number of hydrogen-bond donors (Lipinski definition) is 1. The van der Waals surface area contributed by atoms with E-state index in [2.05, 4.69) is 11.8 Å². The zero-order chi connectivity index (χ0) is 10.3. The Kier molecular flexibility index (Phi) is 7.66. The van der Waals surface area contributed by atoms with E-state index in [1.807, 2.05) is 7.05 Å². The van der Waals surface area contributed by atoms with Crippen molar-refractivity contribution in [3.05, 3.63) is 0 Å². The minimum absolute atomic E-state index is 0.388. The molecule has 0 spiro atoms. The van der Waals surface area contributed by atoms with E-state index in [4.69, 9.17) is 16.3 Å². The number of aliphatic hydroxyl groups excluding tert-OH is 1. The van der Waals surface area contributed by atoms with Gasteiger partial charge in [-0.1, -0.05) is 6.92 Å². The van der Waals surface area contributed by atoms with Gasteiger partial charge in [0.25, 0.3) is 0 Å². The van der Waals surface area contributed by atoms with Crippen LogP contribution in [0.3, 0.4) is 0 Å². The fraction of sp³-hybridized carbons (Fsp3) is 1.00. The standard InChI is InChI=1S/C9H20ClNO2/c1-8(4-10)5-11(2)6-9(12)7-13-3/h8-9,12H,4-7H2,1-3H3. The van der Waals surface area contributed by atoms with Crippen molar-refractivity contribution >= 4 is 11.6 Å². The van der Waals surface area contributed by atoms with Gasteiger partial charge in [-0.3, -0.25) is 0 Å². The third kappa shape index (κ3) is 7.26. The van der Waals surface area contributed by atoms with Gasteiger partial charge >= 0.3 is 0 Å². The summed E-state index contributed by atoms with van der Waals surface area (Å²) in [6.45, 7) is 4.02. The van der Waals surface area contributed by atoms with E-state index < -0.39 is 6.10 Å². The number of ether oxygens (including phenoxy) is 1. The zero-order valence-electron chi connectivity index (χ0n) is 8.66. The monoisotopic (exact) mass is 209 g/mol. The Bertz CT molecular complexity index is 124. The molecule has 4 heteroatoms. The normalized spacial score (nSPS) is 16.2. The molecule has 0 aromatic heterocycles. The van der Waals surface area contributed by atoms with Crippen molar-refractivity contribution in [1.29, 1.82) is 0 Å². The van der Waals surface area contributed by atoms with Crippen molar-refractivity contribution in [3.63, 3.8) is 0 Å². The molecule has 2 unspecified atom stereocenters. The molecule has 0 aliphatic rings. The summed E-state index contributed by atoms with van der Waals surface area (Å²) in [6, 6.07) is 0. The highest BCUT2D eigenvalue weighted by Gasteiger charge is 2.10. The first-order chi connectivity index (χ1) is 6.10. The van der Waals surface area contributed by atoms with Gasteiger partial charge in [0.05, 0.1) is 12.7 Å². The summed E-state index contributed by atoms with van der Waals surface area (Å²) in [7, 11) is 3.56. The number of nitrogens with zero attached hydrogens (tertiary/aromatic N) is 1. The molecule has 0 saturated heterocycles. The number of aliphatic hydroxyl groups is 1. The molecule has 0 aromatic carbocycles. The van der Waals surface area contributed by atoms with Gasteiger partial charge in [0.15, 0.2) is 0 Å². The maximum absolute atomic E-state index is 9.41. The van der Waals surface area contributed by atoms with Crippen molar-refractivity contribution in [2.75, 3.05) is 39.7 Å². The van der Waals surface area contributed by atoms with Gasteiger partial charge in [-0.2, -0.15) is 0 Å². The van der Waals surface area contributed by atoms with Crippen LogP contribution >= 0.6 is 11.6 Å². The second-order valence-corrected chi connectivity index (χ2v) is 3.90. The van der Waals surface area contributed by atoms with Gasteiger partial charge in [-0.25, -0.2) is 0 Å². The van der Waals surface area contributed by atoms with Crippen LogP contribution in [0.25, 0.3) is 0 Å². The summed E-state index contributed by atoms with van der Waals surface area (Å²) in [5.41, 5.74) is 0. The van der Waals surface area contributed by atoms with Crippen LogP contribution < -0.4 is 0 Å². The molecular formula is C9H20ClNO2. The average molecular weight is 210 g/mol. The highest BCUT2D eigenvalue weighted by Crippen LogP contribution is 2.01. The second kappa shape index (κ2) is 7.56. The molecule has 0 saturated carbocycles.